The van der Waals surface area contributed by atoms with E-state index in [4.69, 9.17) is 10.5 Å². The number of ether oxygens (including phenoxy) is 1. The Labute approximate surface area is 115 Å². The molecule has 19 heavy (non-hydrogen) atoms. The first-order valence-corrected chi connectivity index (χ1v) is 6.81. The van der Waals surface area contributed by atoms with Gasteiger partial charge in [0.2, 0.25) is 0 Å². The summed E-state index contributed by atoms with van der Waals surface area (Å²) in [4.78, 5) is 12.0. The minimum atomic E-state index is -0.511. The topological polar surface area (TPSA) is 64.3 Å². The maximum atomic E-state index is 12.0. The Bertz CT molecular complexity index is 428. The lowest BCUT2D eigenvalue weighted by Crippen LogP contribution is -2.42. The highest BCUT2D eigenvalue weighted by Gasteiger charge is 2.17. The molecule has 3 N–H and O–H groups in total. The number of carbonyl (C=O) groups is 1. The molecule has 0 spiro atoms. The maximum Gasteiger partial charge on any atom is 0.260 e. The first-order valence-electron chi connectivity index (χ1n) is 6.81. The average Bonchev–Trinajstić information content (AvgIpc) is 2.38. The number of benzene rings is 1. The minimum Gasteiger partial charge on any atom is -0.481 e. The zero-order valence-electron chi connectivity index (χ0n) is 12.2. The van der Waals surface area contributed by atoms with Crippen LogP contribution in [0.5, 0.6) is 5.75 Å². The lowest BCUT2D eigenvalue weighted by atomic mass is 10.1. The van der Waals surface area contributed by atoms with Crippen molar-refractivity contribution in [3.63, 3.8) is 0 Å². The van der Waals surface area contributed by atoms with Gasteiger partial charge in [-0.05, 0) is 50.5 Å². The first kappa shape index (κ1) is 15.3. The van der Waals surface area contributed by atoms with Crippen molar-refractivity contribution in [2.45, 2.75) is 52.7 Å². The molecule has 1 rings (SSSR count). The normalized spacial score (nSPS) is 12.3. The Morgan fingerprint density at radius 1 is 1.37 bits per heavy atom. The third-order valence-electron chi connectivity index (χ3n) is 3.20. The van der Waals surface area contributed by atoms with Gasteiger partial charge in [0.25, 0.3) is 5.91 Å². The SMILES string of the molecule is CCC(CC)NC(=O)C(C)Oc1ccc(N)cc1C. The van der Waals surface area contributed by atoms with Crippen LogP contribution in [0.1, 0.15) is 39.2 Å². The molecule has 1 amide bonds. The molecular formula is C15H24N2O2. The number of nitrogens with two attached hydrogens (primary N) is 1. The van der Waals surface area contributed by atoms with Gasteiger partial charge in [0, 0.05) is 11.7 Å². The van der Waals surface area contributed by atoms with Crippen molar-refractivity contribution in [3.8, 4) is 5.75 Å². The standard InChI is InChI=1S/C15H24N2O2/c1-5-13(6-2)17-15(18)11(4)19-14-8-7-12(16)9-10(14)3/h7-9,11,13H,5-6,16H2,1-4H3,(H,17,18). The molecule has 0 aromatic heterocycles. The Kier molecular flexibility index (Phi) is 5.67. The molecule has 106 valence electrons. The largest absolute Gasteiger partial charge is 0.481 e. The summed E-state index contributed by atoms with van der Waals surface area (Å²) in [6, 6.07) is 5.62. The summed E-state index contributed by atoms with van der Waals surface area (Å²) in [5.41, 5.74) is 7.31. The van der Waals surface area contributed by atoms with Gasteiger partial charge in [-0.15, -0.1) is 0 Å². The van der Waals surface area contributed by atoms with Gasteiger partial charge in [0.1, 0.15) is 5.75 Å². The molecule has 4 nitrogen and oxygen atoms in total. The van der Waals surface area contributed by atoms with E-state index in [1.165, 1.54) is 0 Å². The third-order valence-corrected chi connectivity index (χ3v) is 3.20. The zero-order chi connectivity index (χ0) is 14.4. The fourth-order valence-corrected chi connectivity index (χ4v) is 1.86. The van der Waals surface area contributed by atoms with Gasteiger partial charge in [0.15, 0.2) is 6.10 Å². The molecule has 0 aliphatic rings. The lowest BCUT2D eigenvalue weighted by molar-refractivity contribution is -0.128. The monoisotopic (exact) mass is 264 g/mol. The first-order chi connectivity index (χ1) is 8.97. The zero-order valence-corrected chi connectivity index (χ0v) is 12.2. The lowest BCUT2D eigenvalue weighted by Gasteiger charge is -2.20. The molecule has 1 unspecified atom stereocenters. The second-order valence-electron chi connectivity index (χ2n) is 4.81. The Morgan fingerprint density at radius 2 is 2.00 bits per heavy atom. The van der Waals surface area contributed by atoms with E-state index in [1.54, 1.807) is 19.1 Å². The molecular weight excluding hydrogens is 240 g/mol. The van der Waals surface area contributed by atoms with Gasteiger partial charge in [-0.25, -0.2) is 0 Å². The number of carbonyl (C=O) groups excluding carboxylic acids is 1. The predicted octanol–water partition coefficient (Wildman–Crippen LogP) is 2.65. The van der Waals surface area contributed by atoms with Crippen LogP contribution < -0.4 is 15.8 Å². The van der Waals surface area contributed by atoms with E-state index in [0.29, 0.717) is 11.4 Å². The van der Waals surface area contributed by atoms with Crippen molar-refractivity contribution in [2.24, 2.45) is 0 Å². The van der Waals surface area contributed by atoms with E-state index in [9.17, 15) is 4.79 Å². The van der Waals surface area contributed by atoms with Gasteiger partial charge >= 0.3 is 0 Å². The highest BCUT2D eigenvalue weighted by Crippen LogP contribution is 2.21. The van der Waals surface area contributed by atoms with Crippen LogP contribution in [0, 0.1) is 6.92 Å². The van der Waals surface area contributed by atoms with Crippen LogP contribution in [0.3, 0.4) is 0 Å². The molecule has 4 heteroatoms. The number of nitrogen functional groups attached to an aromatic ring is 1. The molecule has 0 saturated heterocycles. The number of nitrogens with one attached hydrogen (secondary N) is 1. The van der Waals surface area contributed by atoms with Crippen LogP contribution in [0.25, 0.3) is 0 Å². The van der Waals surface area contributed by atoms with Crippen molar-refractivity contribution in [2.75, 3.05) is 5.73 Å². The molecule has 0 aliphatic heterocycles. The number of rotatable bonds is 6. The van der Waals surface area contributed by atoms with Gasteiger partial charge < -0.3 is 15.8 Å². The van der Waals surface area contributed by atoms with Crippen LogP contribution in [0.2, 0.25) is 0 Å². The number of hydrogen-bond donors (Lipinski definition) is 2. The molecule has 0 aliphatic carbocycles. The van der Waals surface area contributed by atoms with Gasteiger partial charge in [-0.1, -0.05) is 13.8 Å². The van der Waals surface area contributed by atoms with Crippen LogP contribution in [-0.2, 0) is 4.79 Å². The second kappa shape index (κ2) is 7.02. The molecule has 1 aromatic rings. The van der Waals surface area contributed by atoms with Gasteiger partial charge in [-0.2, -0.15) is 0 Å². The van der Waals surface area contributed by atoms with E-state index >= 15 is 0 Å². The Hall–Kier alpha value is -1.71. The van der Waals surface area contributed by atoms with E-state index in [2.05, 4.69) is 19.2 Å². The minimum absolute atomic E-state index is 0.0788. The number of hydrogen-bond acceptors (Lipinski definition) is 3. The highest BCUT2D eigenvalue weighted by molar-refractivity contribution is 5.81. The summed E-state index contributed by atoms with van der Waals surface area (Å²) in [6.07, 6.45) is 1.34. The van der Waals surface area contributed by atoms with Crippen LogP contribution in [0.4, 0.5) is 5.69 Å². The van der Waals surface area contributed by atoms with Crippen molar-refractivity contribution in [1.82, 2.24) is 5.32 Å². The van der Waals surface area contributed by atoms with Crippen molar-refractivity contribution in [1.29, 1.82) is 0 Å². The average molecular weight is 264 g/mol. The van der Waals surface area contributed by atoms with E-state index in [0.717, 1.165) is 18.4 Å². The summed E-state index contributed by atoms with van der Waals surface area (Å²) in [5, 5.41) is 2.98. The maximum absolute atomic E-state index is 12.0. The summed E-state index contributed by atoms with van der Waals surface area (Å²) in [7, 11) is 0. The fraction of sp³-hybridized carbons (Fsp3) is 0.533. The molecule has 1 aromatic carbocycles. The fourth-order valence-electron chi connectivity index (χ4n) is 1.86. The van der Waals surface area contributed by atoms with E-state index in [1.807, 2.05) is 13.0 Å². The molecule has 0 bridgehead atoms. The number of aryl methyl sites for hydroxylation is 1. The van der Waals surface area contributed by atoms with Crippen LogP contribution in [-0.4, -0.2) is 18.1 Å². The van der Waals surface area contributed by atoms with Crippen molar-refractivity contribution >= 4 is 11.6 Å². The Balaban J connectivity index is 2.63. The quantitative estimate of drug-likeness (QED) is 0.776. The summed E-state index contributed by atoms with van der Waals surface area (Å²) < 4.78 is 5.68. The number of anilines is 1. The van der Waals surface area contributed by atoms with Crippen LogP contribution >= 0.6 is 0 Å². The van der Waals surface area contributed by atoms with Crippen molar-refractivity contribution in [3.05, 3.63) is 23.8 Å². The van der Waals surface area contributed by atoms with Gasteiger partial charge in [0.05, 0.1) is 0 Å². The third kappa shape index (κ3) is 4.47. The van der Waals surface area contributed by atoms with E-state index in [-0.39, 0.29) is 11.9 Å². The molecule has 1 atom stereocenters. The van der Waals surface area contributed by atoms with Crippen LogP contribution in [0.15, 0.2) is 18.2 Å². The second-order valence-corrected chi connectivity index (χ2v) is 4.81. The molecule has 0 radical (unpaired) electrons. The smallest absolute Gasteiger partial charge is 0.260 e. The molecule has 0 saturated carbocycles. The summed E-state index contributed by atoms with van der Waals surface area (Å²) in [6.45, 7) is 7.79. The van der Waals surface area contributed by atoms with Gasteiger partial charge in [-0.3, -0.25) is 4.79 Å². The number of amides is 1. The molecule has 0 fully saturated rings. The van der Waals surface area contributed by atoms with Crippen molar-refractivity contribution < 1.29 is 9.53 Å². The highest BCUT2D eigenvalue weighted by atomic mass is 16.5. The summed E-state index contributed by atoms with van der Waals surface area (Å²) >= 11 is 0. The summed E-state index contributed by atoms with van der Waals surface area (Å²) in [5.74, 6) is 0.617. The van der Waals surface area contributed by atoms with E-state index < -0.39 is 6.10 Å². The Morgan fingerprint density at radius 3 is 2.53 bits per heavy atom. The molecule has 0 heterocycles. The predicted molar refractivity (Wildman–Crippen MR) is 78.2 cm³/mol.